The molecule has 0 fully saturated rings. The molecule has 1 aliphatic carbocycles. The van der Waals surface area contributed by atoms with Crippen molar-refractivity contribution < 1.29 is 9.21 Å². The van der Waals surface area contributed by atoms with Crippen LogP contribution in [0.3, 0.4) is 0 Å². The molecular weight excluding hydrogens is 152 g/mol. The summed E-state index contributed by atoms with van der Waals surface area (Å²) in [5, 5.41) is 0. The Morgan fingerprint density at radius 1 is 1.58 bits per heavy atom. The summed E-state index contributed by atoms with van der Waals surface area (Å²) in [6.45, 7) is 1.99. The molecule has 0 saturated carbocycles. The van der Waals surface area contributed by atoms with Crippen molar-refractivity contribution in [2.45, 2.75) is 19.3 Å². The largest absolute Gasteiger partial charge is 0.472 e. The summed E-state index contributed by atoms with van der Waals surface area (Å²) in [5.41, 5.74) is 2.25. The fraction of sp³-hybridized carbons (Fsp3) is 0.300. The van der Waals surface area contributed by atoms with Gasteiger partial charge in [-0.1, -0.05) is 5.57 Å². The lowest BCUT2D eigenvalue weighted by atomic mass is 9.96. The molecule has 2 rings (SSSR count). The van der Waals surface area contributed by atoms with E-state index in [0.29, 0.717) is 6.42 Å². The highest BCUT2D eigenvalue weighted by molar-refractivity contribution is 5.94. The van der Waals surface area contributed by atoms with Crippen LogP contribution in [-0.2, 0) is 4.79 Å². The Morgan fingerprint density at radius 2 is 2.42 bits per heavy atom. The molecule has 1 aromatic rings. The molecule has 62 valence electrons. The van der Waals surface area contributed by atoms with Crippen molar-refractivity contribution in [3.05, 3.63) is 35.8 Å². The van der Waals surface area contributed by atoms with E-state index >= 15 is 0 Å². The third-order valence-electron chi connectivity index (χ3n) is 2.29. The lowest BCUT2D eigenvalue weighted by molar-refractivity contribution is -0.114. The van der Waals surface area contributed by atoms with Crippen LogP contribution in [-0.4, -0.2) is 5.78 Å². The number of rotatable bonds is 1. The number of carbonyl (C=O) groups is 1. The van der Waals surface area contributed by atoms with Gasteiger partial charge in [0.15, 0.2) is 5.78 Å². The topological polar surface area (TPSA) is 30.2 Å². The van der Waals surface area contributed by atoms with Gasteiger partial charge in [0.05, 0.1) is 12.5 Å². The van der Waals surface area contributed by atoms with Gasteiger partial charge in [-0.15, -0.1) is 0 Å². The monoisotopic (exact) mass is 162 g/mol. The van der Waals surface area contributed by atoms with E-state index in [0.717, 1.165) is 11.1 Å². The molecule has 0 N–H and O–H groups in total. The van der Waals surface area contributed by atoms with Crippen molar-refractivity contribution in [3.8, 4) is 0 Å². The van der Waals surface area contributed by atoms with Crippen molar-refractivity contribution in [3.63, 3.8) is 0 Å². The maximum atomic E-state index is 11.1. The highest BCUT2D eigenvalue weighted by Crippen LogP contribution is 2.32. The van der Waals surface area contributed by atoms with E-state index < -0.39 is 0 Å². The van der Waals surface area contributed by atoms with E-state index in [4.69, 9.17) is 4.42 Å². The van der Waals surface area contributed by atoms with E-state index in [2.05, 4.69) is 0 Å². The number of hydrogen-bond donors (Lipinski definition) is 0. The van der Waals surface area contributed by atoms with Crippen LogP contribution in [0.25, 0.3) is 0 Å². The Morgan fingerprint density at radius 3 is 2.92 bits per heavy atom. The highest BCUT2D eigenvalue weighted by Gasteiger charge is 2.23. The Balaban J connectivity index is 2.29. The normalized spacial score (nSPS) is 22.9. The molecular formula is C10H10O2. The average molecular weight is 162 g/mol. The number of carbonyl (C=O) groups excluding carboxylic acids is 1. The van der Waals surface area contributed by atoms with E-state index in [1.165, 1.54) is 0 Å². The van der Waals surface area contributed by atoms with E-state index in [1.807, 2.05) is 13.0 Å². The zero-order valence-electron chi connectivity index (χ0n) is 6.91. The lowest BCUT2D eigenvalue weighted by Gasteiger charge is -2.06. The molecule has 1 atom stereocenters. The van der Waals surface area contributed by atoms with Gasteiger partial charge in [0.25, 0.3) is 0 Å². The van der Waals surface area contributed by atoms with Crippen LogP contribution in [0.4, 0.5) is 0 Å². The minimum Gasteiger partial charge on any atom is -0.472 e. The van der Waals surface area contributed by atoms with Gasteiger partial charge in [0, 0.05) is 12.3 Å². The first-order valence-electron chi connectivity index (χ1n) is 4.00. The fourth-order valence-electron chi connectivity index (χ4n) is 1.63. The third kappa shape index (κ3) is 1.09. The zero-order valence-corrected chi connectivity index (χ0v) is 6.91. The van der Waals surface area contributed by atoms with Gasteiger partial charge in [-0.3, -0.25) is 4.79 Å². The molecule has 0 saturated heterocycles. The smallest absolute Gasteiger partial charge is 0.156 e. The second-order valence-electron chi connectivity index (χ2n) is 3.17. The Kier molecular flexibility index (Phi) is 1.61. The van der Waals surface area contributed by atoms with Crippen molar-refractivity contribution in [2.24, 2.45) is 0 Å². The average Bonchev–Trinajstić information content (AvgIpc) is 2.58. The van der Waals surface area contributed by atoms with Gasteiger partial charge in [-0.25, -0.2) is 0 Å². The predicted octanol–water partition coefficient (Wildman–Crippen LogP) is 2.28. The van der Waals surface area contributed by atoms with Crippen LogP contribution >= 0.6 is 0 Å². The molecule has 2 heteroatoms. The second-order valence-corrected chi connectivity index (χ2v) is 3.17. The third-order valence-corrected chi connectivity index (χ3v) is 2.29. The van der Waals surface area contributed by atoms with Gasteiger partial charge < -0.3 is 4.42 Å². The van der Waals surface area contributed by atoms with Crippen molar-refractivity contribution in [2.75, 3.05) is 0 Å². The molecule has 0 unspecified atom stereocenters. The highest BCUT2D eigenvalue weighted by atomic mass is 16.3. The maximum absolute atomic E-state index is 11.1. The van der Waals surface area contributed by atoms with Crippen LogP contribution in [0.15, 0.2) is 34.7 Å². The van der Waals surface area contributed by atoms with Crippen LogP contribution in [0.2, 0.25) is 0 Å². The molecule has 0 amide bonds. The summed E-state index contributed by atoms with van der Waals surface area (Å²) in [6.07, 6.45) is 5.68. The number of ketones is 1. The molecule has 1 heterocycles. The van der Waals surface area contributed by atoms with Crippen LogP contribution < -0.4 is 0 Å². The number of furan rings is 1. The van der Waals surface area contributed by atoms with Crippen LogP contribution in [0, 0.1) is 0 Å². The molecule has 1 aromatic heterocycles. The Labute approximate surface area is 70.9 Å². The first-order valence-corrected chi connectivity index (χ1v) is 4.00. The quantitative estimate of drug-likeness (QED) is 0.634. The summed E-state index contributed by atoms with van der Waals surface area (Å²) in [7, 11) is 0. The van der Waals surface area contributed by atoms with Crippen LogP contribution in [0.1, 0.15) is 24.8 Å². The molecule has 0 spiro atoms. The summed E-state index contributed by atoms with van der Waals surface area (Å²) in [6, 6.07) is 1.92. The standard InChI is InChI=1S/C10H10O2/c1-7-4-9(11)5-10(7)8-2-3-12-6-8/h2-4,6,10H,5H2,1H3/t10-/m1/s1. The molecule has 0 bridgehead atoms. The minimum absolute atomic E-state index is 0.221. The molecule has 1 aliphatic rings. The summed E-state index contributed by atoms with van der Waals surface area (Å²) in [5.74, 6) is 0.481. The van der Waals surface area contributed by atoms with E-state index in [9.17, 15) is 4.79 Å². The van der Waals surface area contributed by atoms with Crippen LogP contribution in [0.5, 0.6) is 0 Å². The Hall–Kier alpha value is -1.31. The van der Waals surface area contributed by atoms with Gasteiger partial charge in [0.2, 0.25) is 0 Å². The number of allylic oxidation sites excluding steroid dienone is 2. The lowest BCUT2D eigenvalue weighted by Crippen LogP contribution is -1.95. The molecule has 12 heavy (non-hydrogen) atoms. The SMILES string of the molecule is CC1=CC(=O)C[C@H]1c1ccoc1. The minimum atomic E-state index is 0.221. The number of hydrogen-bond acceptors (Lipinski definition) is 2. The molecule has 0 aromatic carbocycles. The summed E-state index contributed by atoms with van der Waals surface area (Å²) < 4.78 is 4.97. The maximum Gasteiger partial charge on any atom is 0.156 e. The Bertz CT molecular complexity index is 320. The first kappa shape index (κ1) is 7.35. The molecule has 0 aliphatic heterocycles. The van der Waals surface area contributed by atoms with Crippen molar-refractivity contribution in [1.29, 1.82) is 0 Å². The van der Waals surface area contributed by atoms with Gasteiger partial charge in [-0.05, 0) is 24.6 Å². The van der Waals surface area contributed by atoms with Gasteiger partial charge >= 0.3 is 0 Å². The fourth-order valence-corrected chi connectivity index (χ4v) is 1.63. The van der Waals surface area contributed by atoms with Gasteiger partial charge in [-0.2, -0.15) is 0 Å². The molecule has 0 radical (unpaired) electrons. The second kappa shape index (κ2) is 2.63. The zero-order chi connectivity index (χ0) is 8.55. The van der Waals surface area contributed by atoms with E-state index in [1.54, 1.807) is 18.6 Å². The van der Waals surface area contributed by atoms with Gasteiger partial charge in [0.1, 0.15) is 0 Å². The van der Waals surface area contributed by atoms with E-state index in [-0.39, 0.29) is 11.7 Å². The summed E-state index contributed by atoms with van der Waals surface area (Å²) >= 11 is 0. The first-order chi connectivity index (χ1) is 5.77. The van der Waals surface area contributed by atoms with Crippen molar-refractivity contribution in [1.82, 2.24) is 0 Å². The van der Waals surface area contributed by atoms with Crippen molar-refractivity contribution >= 4 is 5.78 Å². The summed E-state index contributed by atoms with van der Waals surface area (Å²) in [4.78, 5) is 11.1. The molecule has 2 nitrogen and oxygen atoms in total. The predicted molar refractivity (Wildman–Crippen MR) is 44.8 cm³/mol.